The average molecular weight is 492 g/mol. The summed E-state index contributed by atoms with van der Waals surface area (Å²) in [7, 11) is 1.54. The van der Waals surface area contributed by atoms with Gasteiger partial charge in [0.15, 0.2) is 0 Å². The minimum atomic E-state index is -0.879. The van der Waals surface area contributed by atoms with E-state index in [2.05, 4.69) is 0 Å². The summed E-state index contributed by atoms with van der Waals surface area (Å²) >= 11 is 6.35. The van der Waals surface area contributed by atoms with Gasteiger partial charge in [0, 0.05) is 16.3 Å². The molecule has 1 heterocycles. The van der Waals surface area contributed by atoms with Gasteiger partial charge in [-0.1, -0.05) is 29.8 Å². The number of anilines is 1. The van der Waals surface area contributed by atoms with Crippen LogP contribution in [0.1, 0.15) is 36.6 Å². The number of rotatable bonds is 6. The van der Waals surface area contributed by atoms with Crippen LogP contribution < -0.4 is 14.4 Å². The molecule has 35 heavy (non-hydrogen) atoms. The quantitative estimate of drug-likeness (QED) is 0.257. The predicted octanol–water partition coefficient (Wildman–Crippen LogP) is 6.07. The van der Waals surface area contributed by atoms with Crippen LogP contribution in [0.2, 0.25) is 5.02 Å². The molecule has 0 spiro atoms. The van der Waals surface area contributed by atoms with Crippen molar-refractivity contribution in [2.24, 2.45) is 0 Å². The lowest BCUT2D eigenvalue weighted by atomic mass is 9.95. The first-order chi connectivity index (χ1) is 16.7. The number of Topliss-reactive ketones (excluding diaryl/α,β-unsaturated/α-hetero) is 1. The van der Waals surface area contributed by atoms with E-state index < -0.39 is 17.7 Å². The van der Waals surface area contributed by atoms with E-state index in [0.29, 0.717) is 33.3 Å². The summed E-state index contributed by atoms with van der Waals surface area (Å²) in [5, 5.41) is 11.8. The van der Waals surface area contributed by atoms with Gasteiger partial charge < -0.3 is 14.6 Å². The molecule has 6 nitrogen and oxygen atoms in total. The van der Waals surface area contributed by atoms with Crippen molar-refractivity contribution in [2.45, 2.75) is 32.9 Å². The molecule has 7 heteroatoms. The highest BCUT2D eigenvalue weighted by atomic mass is 35.5. The standard InChI is InChI=1S/C28H26ClNO5/c1-16(2)35-21-12-9-18(10-13-21)26(31)24-25(19-6-5-7-22(14-19)34-4)30(28(33)27(24)32)20-11-8-17(3)23(29)15-20/h5-16,25,31H,1-4H3/b26-24+. The first-order valence-electron chi connectivity index (χ1n) is 11.2. The van der Waals surface area contributed by atoms with Crippen LogP contribution in [0.25, 0.3) is 5.76 Å². The minimum Gasteiger partial charge on any atom is -0.507 e. The summed E-state index contributed by atoms with van der Waals surface area (Å²) in [4.78, 5) is 28.0. The van der Waals surface area contributed by atoms with E-state index in [9.17, 15) is 14.7 Å². The van der Waals surface area contributed by atoms with Crippen LogP contribution in [-0.4, -0.2) is 30.0 Å². The zero-order valence-corrected chi connectivity index (χ0v) is 20.7. The third-order valence-corrected chi connectivity index (χ3v) is 6.19. The smallest absolute Gasteiger partial charge is 0.300 e. The van der Waals surface area contributed by atoms with E-state index in [4.69, 9.17) is 21.1 Å². The molecule has 3 aromatic rings. The highest BCUT2D eigenvalue weighted by molar-refractivity contribution is 6.51. The Bertz CT molecular complexity index is 1310. The summed E-state index contributed by atoms with van der Waals surface area (Å²) in [6.45, 7) is 5.69. The second-order valence-corrected chi connectivity index (χ2v) is 8.98. The maximum atomic E-state index is 13.3. The predicted molar refractivity (Wildman–Crippen MR) is 136 cm³/mol. The van der Waals surface area contributed by atoms with Gasteiger partial charge in [-0.2, -0.15) is 0 Å². The number of aliphatic hydroxyl groups is 1. The fourth-order valence-electron chi connectivity index (χ4n) is 4.08. The zero-order valence-electron chi connectivity index (χ0n) is 19.9. The number of carbonyl (C=O) groups excluding carboxylic acids is 2. The first kappa shape index (κ1) is 24.4. The largest absolute Gasteiger partial charge is 0.507 e. The number of ether oxygens (including phenoxy) is 2. The number of nitrogens with zero attached hydrogens (tertiary/aromatic N) is 1. The van der Waals surface area contributed by atoms with Crippen molar-refractivity contribution in [1.29, 1.82) is 0 Å². The number of methoxy groups -OCH3 is 1. The molecule has 0 bridgehead atoms. The molecule has 1 N–H and O–H groups in total. The molecule has 0 saturated carbocycles. The number of aliphatic hydroxyl groups excluding tert-OH is 1. The molecule has 1 unspecified atom stereocenters. The molecule has 4 rings (SSSR count). The monoisotopic (exact) mass is 491 g/mol. The molecule has 1 aliphatic rings. The van der Waals surface area contributed by atoms with Crippen molar-refractivity contribution < 1.29 is 24.2 Å². The molecule has 180 valence electrons. The van der Waals surface area contributed by atoms with Crippen LogP contribution in [-0.2, 0) is 9.59 Å². The van der Waals surface area contributed by atoms with Crippen molar-refractivity contribution in [3.63, 3.8) is 0 Å². The Labute approximate surface area is 209 Å². The molecular formula is C28H26ClNO5. The molecule has 1 atom stereocenters. The summed E-state index contributed by atoms with van der Waals surface area (Å²) in [6.07, 6.45) is -0.00540. The van der Waals surface area contributed by atoms with Gasteiger partial charge in [0.05, 0.1) is 24.8 Å². The van der Waals surface area contributed by atoms with Gasteiger partial charge in [0.2, 0.25) is 0 Å². The summed E-state index contributed by atoms with van der Waals surface area (Å²) < 4.78 is 11.0. The molecule has 0 radical (unpaired) electrons. The van der Waals surface area contributed by atoms with Crippen molar-refractivity contribution >= 4 is 34.7 Å². The maximum absolute atomic E-state index is 13.3. The van der Waals surface area contributed by atoms with Crippen LogP contribution in [0.15, 0.2) is 72.3 Å². The molecule has 1 aliphatic heterocycles. The van der Waals surface area contributed by atoms with Crippen molar-refractivity contribution in [3.8, 4) is 11.5 Å². The molecular weight excluding hydrogens is 466 g/mol. The molecule has 1 saturated heterocycles. The molecule has 1 amide bonds. The van der Waals surface area contributed by atoms with Crippen molar-refractivity contribution in [1.82, 2.24) is 0 Å². The van der Waals surface area contributed by atoms with Gasteiger partial charge in [-0.15, -0.1) is 0 Å². The number of amides is 1. The van der Waals surface area contributed by atoms with E-state index in [-0.39, 0.29) is 17.4 Å². The topological polar surface area (TPSA) is 76.1 Å². The Balaban J connectivity index is 1.89. The van der Waals surface area contributed by atoms with Crippen LogP contribution in [0, 0.1) is 6.92 Å². The number of carbonyl (C=O) groups is 2. The second kappa shape index (κ2) is 9.84. The Morgan fingerprint density at radius 3 is 2.34 bits per heavy atom. The maximum Gasteiger partial charge on any atom is 0.300 e. The average Bonchev–Trinajstić information content (AvgIpc) is 3.11. The lowest BCUT2D eigenvalue weighted by Gasteiger charge is -2.26. The Morgan fingerprint density at radius 1 is 1.00 bits per heavy atom. The van der Waals surface area contributed by atoms with Gasteiger partial charge >= 0.3 is 0 Å². The molecule has 3 aromatic carbocycles. The number of aryl methyl sites for hydroxylation is 1. The number of hydrogen-bond acceptors (Lipinski definition) is 5. The van der Waals surface area contributed by atoms with E-state index in [0.717, 1.165) is 5.56 Å². The van der Waals surface area contributed by atoms with Gasteiger partial charge in [-0.3, -0.25) is 14.5 Å². The lowest BCUT2D eigenvalue weighted by molar-refractivity contribution is -0.132. The number of halogens is 1. The van der Waals surface area contributed by atoms with Crippen LogP contribution in [0.5, 0.6) is 11.5 Å². The van der Waals surface area contributed by atoms with E-state index in [1.807, 2.05) is 20.8 Å². The van der Waals surface area contributed by atoms with Crippen molar-refractivity contribution in [3.05, 3.63) is 94.0 Å². The fraction of sp³-hybridized carbons (Fsp3) is 0.214. The molecule has 0 aromatic heterocycles. The normalized spacial score (nSPS) is 17.2. The van der Waals surface area contributed by atoms with E-state index in [1.54, 1.807) is 66.7 Å². The SMILES string of the molecule is COc1cccc(C2/C(=C(\O)c3ccc(OC(C)C)cc3)C(=O)C(=O)N2c2ccc(C)c(Cl)c2)c1. The second-order valence-electron chi connectivity index (χ2n) is 8.57. The summed E-state index contributed by atoms with van der Waals surface area (Å²) in [5.74, 6) is -0.609. The lowest BCUT2D eigenvalue weighted by Crippen LogP contribution is -2.29. The zero-order chi connectivity index (χ0) is 25.3. The molecule has 1 fully saturated rings. The van der Waals surface area contributed by atoms with Gasteiger partial charge in [-0.05, 0) is 80.4 Å². The number of benzene rings is 3. The Hall–Kier alpha value is -3.77. The Morgan fingerprint density at radius 2 is 1.71 bits per heavy atom. The highest BCUT2D eigenvalue weighted by Crippen LogP contribution is 2.43. The third-order valence-electron chi connectivity index (χ3n) is 5.79. The highest BCUT2D eigenvalue weighted by Gasteiger charge is 2.47. The minimum absolute atomic E-state index is 0.00540. The van der Waals surface area contributed by atoms with Gasteiger partial charge in [0.25, 0.3) is 11.7 Å². The number of hydrogen-bond donors (Lipinski definition) is 1. The van der Waals surface area contributed by atoms with Crippen LogP contribution in [0.3, 0.4) is 0 Å². The first-order valence-corrected chi connectivity index (χ1v) is 11.6. The Kier molecular flexibility index (Phi) is 6.85. The van der Waals surface area contributed by atoms with E-state index in [1.165, 1.54) is 12.0 Å². The van der Waals surface area contributed by atoms with Crippen LogP contribution in [0.4, 0.5) is 5.69 Å². The van der Waals surface area contributed by atoms with Gasteiger partial charge in [-0.25, -0.2) is 0 Å². The fourth-order valence-corrected chi connectivity index (χ4v) is 4.25. The van der Waals surface area contributed by atoms with Crippen molar-refractivity contribution in [2.75, 3.05) is 12.0 Å². The third kappa shape index (κ3) is 4.75. The van der Waals surface area contributed by atoms with Gasteiger partial charge in [0.1, 0.15) is 17.3 Å². The van der Waals surface area contributed by atoms with E-state index >= 15 is 0 Å². The summed E-state index contributed by atoms with van der Waals surface area (Å²) in [5.41, 5.74) is 2.29. The number of ketones is 1. The summed E-state index contributed by atoms with van der Waals surface area (Å²) in [6, 6.07) is 18.1. The molecule has 0 aliphatic carbocycles. The van der Waals surface area contributed by atoms with Crippen LogP contribution >= 0.6 is 11.6 Å².